The lowest BCUT2D eigenvalue weighted by atomic mass is 10.1. The zero-order valence-corrected chi connectivity index (χ0v) is 15.7. The van der Waals surface area contributed by atoms with E-state index in [1.54, 1.807) is 24.3 Å². The van der Waals surface area contributed by atoms with Gasteiger partial charge in [0.05, 0.1) is 11.3 Å². The molecule has 134 valence electrons. The molecule has 0 aliphatic carbocycles. The van der Waals surface area contributed by atoms with E-state index in [1.165, 1.54) is 0 Å². The third-order valence-corrected chi connectivity index (χ3v) is 4.63. The molecule has 0 fully saturated rings. The summed E-state index contributed by atoms with van der Waals surface area (Å²) in [5.41, 5.74) is 5.30. The van der Waals surface area contributed by atoms with Gasteiger partial charge in [-0.05, 0) is 61.4 Å². The molecule has 5 heteroatoms. The highest BCUT2D eigenvalue weighted by Gasteiger charge is 2.16. The van der Waals surface area contributed by atoms with Crippen LogP contribution in [0.15, 0.2) is 65.1 Å². The summed E-state index contributed by atoms with van der Waals surface area (Å²) in [5, 5.41) is 3.46. The molecule has 27 heavy (non-hydrogen) atoms. The molecule has 0 saturated carbocycles. The molecule has 3 aromatic carbocycles. The number of nitrogens with one attached hydrogen (secondary N) is 1. The second kappa shape index (κ2) is 6.89. The Morgan fingerprint density at radius 3 is 2.67 bits per heavy atom. The lowest BCUT2D eigenvalue weighted by molar-refractivity contribution is 0.102. The SMILES string of the molecule is Cc1ccc2nc(-c3ccc(Cl)cc3NC(=O)c3ccccc3C)oc2c1. The average Bonchev–Trinajstić information content (AvgIpc) is 3.05. The fourth-order valence-corrected chi connectivity index (χ4v) is 3.14. The molecule has 0 aliphatic rings. The molecule has 0 spiro atoms. The van der Waals surface area contributed by atoms with E-state index in [9.17, 15) is 4.79 Å². The van der Waals surface area contributed by atoms with Gasteiger partial charge in [0.25, 0.3) is 5.91 Å². The van der Waals surface area contributed by atoms with Gasteiger partial charge in [0.2, 0.25) is 5.89 Å². The van der Waals surface area contributed by atoms with Crippen molar-refractivity contribution in [2.24, 2.45) is 0 Å². The molecule has 4 rings (SSSR count). The van der Waals surface area contributed by atoms with Crippen LogP contribution in [0, 0.1) is 13.8 Å². The number of aromatic nitrogens is 1. The molecule has 1 amide bonds. The summed E-state index contributed by atoms with van der Waals surface area (Å²) < 4.78 is 5.92. The van der Waals surface area contributed by atoms with Crippen molar-refractivity contribution >= 4 is 34.3 Å². The van der Waals surface area contributed by atoms with Crippen LogP contribution < -0.4 is 5.32 Å². The van der Waals surface area contributed by atoms with Crippen molar-refractivity contribution in [3.63, 3.8) is 0 Å². The first-order chi connectivity index (χ1) is 13.0. The lowest BCUT2D eigenvalue weighted by Gasteiger charge is -2.11. The van der Waals surface area contributed by atoms with Gasteiger partial charge in [0.15, 0.2) is 5.58 Å². The van der Waals surface area contributed by atoms with Crippen molar-refractivity contribution in [2.75, 3.05) is 5.32 Å². The summed E-state index contributed by atoms with van der Waals surface area (Å²) in [4.78, 5) is 17.3. The number of anilines is 1. The van der Waals surface area contributed by atoms with Gasteiger partial charge in [-0.25, -0.2) is 4.98 Å². The van der Waals surface area contributed by atoms with E-state index in [0.29, 0.717) is 33.3 Å². The van der Waals surface area contributed by atoms with Crippen molar-refractivity contribution in [3.8, 4) is 11.5 Å². The fraction of sp³-hybridized carbons (Fsp3) is 0.0909. The van der Waals surface area contributed by atoms with Crippen LogP contribution in [-0.2, 0) is 0 Å². The minimum atomic E-state index is -0.205. The maximum Gasteiger partial charge on any atom is 0.255 e. The topological polar surface area (TPSA) is 55.1 Å². The Morgan fingerprint density at radius 2 is 1.85 bits per heavy atom. The first kappa shape index (κ1) is 17.3. The number of fused-ring (bicyclic) bond motifs is 1. The van der Waals surface area contributed by atoms with E-state index in [0.717, 1.165) is 16.6 Å². The van der Waals surface area contributed by atoms with Crippen LogP contribution in [0.3, 0.4) is 0 Å². The van der Waals surface area contributed by atoms with Gasteiger partial charge in [0, 0.05) is 10.6 Å². The van der Waals surface area contributed by atoms with Crippen LogP contribution in [-0.4, -0.2) is 10.9 Å². The van der Waals surface area contributed by atoms with Crippen molar-refractivity contribution in [1.82, 2.24) is 4.98 Å². The zero-order chi connectivity index (χ0) is 19.0. The number of amides is 1. The summed E-state index contributed by atoms with van der Waals surface area (Å²) in [6.07, 6.45) is 0. The number of aryl methyl sites for hydroxylation is 2. The highest BCUT2D eigenvalue weighted by Crippen LogP contribution is 2.33. The van der Waals surface area contributed by atoms with E-state index in [2.05, 4.69) is 10.3 Å². The number of rotatable bonds is 3. The second-order valence-corrected chi connectivity index (χ2v) is 6.89. The maximum absolute atomic E-state index is 12.7. The van der Waals surface area contributed by atoms with Crippen LogP contribution in [0.5, 0.6) is 0 Å². The summed E-state index contributed by atoms with van der Waals surface area (Å²) >= 11 is 6.16. The van der Waals surface area contributed by atoms with E-state index in [1.807, 2.05) is 50.2 Å². The van der Waals surface area contributed by atoms with Crippen LogP contribution in [0.2, 0.25) is 5.02 Å². The van der Waals surface area contributed by atoms with Crippen molar-refractivity contribution in [2.45, 2.75) is 13.8 Å². The molecule has 4 nitrogen and oxygen atoms in total. The monoisotopic (exact) mass is 376 g/mol. The predicted octanol–water partition coefficient (Wildman–Crippen LogP) is 6.02. The number of benzene rings is 3. The number of oxazole rings is 1. The molecule has 0 atom stereocenters. The first-order valence-corrected chi connectivity index (χ1v) is 8.93. The van der Waals surface area contributed by atoms with E-state index in [4.69, 9.17) is 16.0 Å². The van der Waals surface area contributed by atoms with Gasteiger partial charge < -0.3 is 9.73 Å². The normalized spacial score (nSPS) is 10.9. The maximum atomic E-state index is 12.7. The number of nitrogens with zero attached hydrogens (tertiary/aromatic N) is 1. The van der Waals surface area contributed by atoms with E-state index >= 15 is 0 Å². The Balaban J connectivity index is 1.76. The highest BCUT2D eigenvalue weighted by atomic mass is 35.5. The third-order valence-electron chi connectivity index (χ3n) is 4.39. The second-order valence-electron chi connectivity index (χ2n) is 6.45. The number of hydrogen-bond donors (Lipinski definition) is 1. The van der Waals surface area contributed by atoms with Crippen LogP contribution in [0.25, 0.3) is 22.6 Å². The first-order valence-electron chi connectivity index (χ1n) is 8.55. The predicted molar refractivity (Wildman–Crippen MR) is 108 cm³/mol. The van der Waals surface area contributed by atoms with Crippen LogP contribution in [0.4, 0.5) is 5.69 Å². The molecule has 0 unspecified atom stereocenters. The van der Waals surface area contributed by atoms with E-state index in [-0.39, 0.29) is 5.91 Å². The number of carbonyl (C=O) groups is 1. The molecule has 0 radical (unpaired) electrons. The molecule has 1 heterocycles. The Kier molecular flexibility index (Phi) is 4.42. The van der Waals surface area contributed by atoms with Crippen LogP contribution in [0.1, 0.15) is 21.5 Å². The summed E-state index contributed by atoms with van der Waals surface area (Å²) in [6, 6.07) is 18.5. The molecule has 0 saturated heterocycles. The minimum Gasteiger partial charge on any atom is -0.436 e. The summed E-state index contributed by atoms with van der Waals surface area (Å²) in [5.74, 6) is 0.232. The quantitative estimate of drug-likeness (QED) is 0.475. The average molecular weight is 377 g/mol. The summed E-state index contributed by atoms with van der Waals surface area (Å²) in [7, 11) is 0. The smallest absolute Gasteiger partial charge is 0.255 e. The molecule has 1 N–H and O–H groups in total. The van der Waals surface area contributed by atoms with Crippen molar-refractivity contribution < 1.29 is 9.21 Å². The lowest BCUT2D eigenvalue weighted by Crippen LogP contribution is -2.14. The van der Waals surface area contributed by atoms with Gasteiger partial charge in [-0.1, -0.05) is 35.9 Å². The third kappa shape index (κ3) is 3.44. The molecular weight excluding hydrogens is 360 g/mol. The standard InChI is InChI=1S/C22H17ClN2O2/c1-13-7-10-18-20(11-13)27-22(25-18)17-9-8-15(23)12-19(17)24-21(26)16-6-4-3-5-14(16)2/h3-12H,1-2H3,(H,24,26). The Labute approximate surface area is 161 Å². The van der Waals surface area contributed by atoms with Crippen LogP contribution >= 0.6 is 11.6 Å². The largest absolute Gasteiger partial charge is 0.436 e. The number of hydrogen-bond acceptors (Lipinski definition) is 3. The number of halogens is 1. The minimum absolute atomic E-state index is 0.205. The van der Waals surface area contributed by atoms with Gasteiger partial charge in [-0.3, -0.25) is 4.79 Å². The zero-order valence-electron chi connectivity index (χ0n) is 14.9. The number of carbonyl (C=O) groups excluding carboxylic acids is 1. The van der Waals surface area contributed by atoms with E-state index < -0.39 is 0 Å². The highest BCUT2D eigenvalue weighted by molar-refractivity contribution is 6.31. The fourth-order valence-electron chi connectivity index (χ4n) is 2.97. The molecule has 4 aromatic rings. The molecular formula is C22H17ClN2O2. The Bertz CT molecular complexity index is 1160. The molecule has 1 aromatic heterocycles. The molecule has 0 bridgehead atoms. The van der Waals surface area contributed by atoms with Crippen molar-refractivity contribution in [3.05, 3.63) is 82.4 Å². The molecule has 0 aliphatic heterocycles. The van der Waals surface area contributed by atoms with Gasteiger partial charge in [-0.15, -0.1) is 0 Å². The Hall–Kier alpha value is -3.11. The van der Waals surface area contributed by atoms with Gasteiger partial charge in [0.1, 0.15) is 5.52 Å². The Morgan fingerprint density at radius 1 is 1.04 bits per heavy atom. The summed E-state index contributed by atoms with van der Waals surface area (Å²) in [6.45, 7) is 3.90. The van der Waals surface area contributed by atoms with Gasteiger partial charge in [-0.2, -0.15) is 0 Å². The van der Waals surface area contributed by atoms with Crippen molar-refractivity contribution in [1.29, 1.82) is 0 Å². The van der Waals surface area contributed by atoms with Gasteiger partial charge >= 0.3 is 0 Å².